The Morgan fingerprint density at radius 3 is 2.33 bits per heavy atom. The van der Waals surface area contributed by atoms with Crippen LogP contribution in [0, 0.1) is 0 Å². The molecule has 6 heteroatoms. The molecule has 0 aliphatic heterocycles. The van der Waals surface area contributed by atoms with E-state index in [9.17, 15) is 14.7 Å². The molecule has 3 N–H and O–H groups in total. The van der Waals surface area contributed by atoms with E-state index in [0.29, 0.717) is 17.4 Å². The Hall–Kier alpha value is -3.02. The zero-order chi connectivity index (χ0) is 17.7. The third kappa shape index (κ3) is 4.49. The number of carboxylic acid groups (broad SMARTS) is 1. The highest BCUT2D eigenvalue weighted by Gasteiger charge is 2.11. The van der Waals surface area contributed by atoms with Crippen molar-refractivity contribution in [2.24, 2.45) is 0 Å². The maximum Gasteiger partial charge on any atom is 0.339 e. The molecule has 2 aromatic rings. The van der Waals surface area contributed by atoms with Crippen LogP contribution < -0.4 is 10.1 Å². The predicted octanol–water partition coefficient (Wildman–Crippen LogP) is 3.23. The van der Waals surface area contributed by atoms with Crippen LogP contribution in [0.15, 0.2) is 42.5 Å². The lowest BCUT2D eigenvalue weighted by atomic mass is 10.0. The lowest BCUT2D eigenvalue weighted by Crippen LogP contribution is -2.20. The van der Waals surface area contributed by atoms with Crippen LogP contribution in [0.5, 0.6) is 11.5 Å². The monoisotopic (exact) mass is 329 g/mol. The van der Waals surface area contributed by atoms with Crippen LogP contribution in [-0.2, 0) is 4.79 Å². The minimum atomic E-state index is -1.24. The number of rotatable bonds is 6. The first-order valence-corrected chi connectivity index (χ1v) is 7.45. The van der Waals surface area contributed by atoms with E-state index in [-0.39, 0.29) is 12.2 Å². The molecule has 0 atom stereocenters. The van der Waals surface area contributed by atoms with Gasteiger partial charge in [-0.05, 0) is 35.7 Å². The second-order valence-electron chi connectivity index (χ2n) is 5.60. The molecule has 0 unspecified atom stereocenters. The molecular weight excluding hydrogens is 310 g/mol. The predicted molar refractivity (Wildman–Crippen MR) is 89.7 cm³/mol. The van der Waals surface area contributed by atoms with Crippen LogP contribution in [0.3, 0.4) is 0 Å². The number of amides is 1. The van der Waals surface area contributed by atoms with Crippen LogP contribution in [0.2, 0.25) is 0 Å². The number of carbonyl (C=O) groups excluding carboxylic acids is 1. The van der Waals surface area contributed by atoms with Crippen molar-refractivity contribution in [3.05, 3.63) is 53.6 Å². The smallest absolute Gasteiger partial charge is 0.339 e. The SMILES string of the molecule is CC(C)c1ccc(OCC(=O)Nc2ccc(C(=O)O)c(O)c2)cc1. The molecule has 1 amide bonds. The molecule has 2 aromatic carbocycles. The van der Waals surface area contributed by atoms with Gasteiger partial charge in [-0.3, -0.25) is 4.79 Å². The van der Waals surface area contributed by atoms with Gasteiger partial charge in [0.05, 0.1) is 0 Å². The summed E-state index contributed by atoms with van der Waals surface area (Å²) in [5, 5.41) is 21.0. The molecule has 0 fully saturated rings. The van der Waals surface area contributed by atoms with Gasteiger partial charge in [0.2, 0.25) is 0 Å². The number of benzene rings is 2. The number of hydrogen-bond acceptors (Lipinski definition) is 4. The quantitative estimate of drug-likeness (QED) is 0.756. The molecule has 0 radical (unpaired) electrons. The van der Waals surface area contributed by atoms with E-state index >= 15 is 0 Å². The molecule has 0 spiro atoms. The van der Waals surface area contributed by atoms with Gasteiger partial charge in [-0.1, -0.05) is 26.0 Å². The molecule has 126 valence electrons. The van der Waals surface area contributed by atoms with E-state index in [1.54, 1.807) is 12.1 Å². The largest absolute Gasteiger partial charge is 0.507 e. The van der Waals surface area contributed by atoms with Gasteiger partial charge < -0.3 is 20.3 Å². The molecule has 0 aliphatic rings. The summed E-state index contributed by atoms with van der Waals surface area (Å²) in [6.07, 6.45) is 0. The standard InChI is InChI=1S/C18H19NO5/c1-11(2)12-3-6-14(7-4-12)24-10-17(21)19-13-5-8-15(18(22)23)16(20)9-13/h3-9,11,20H,10H2,1-2H3,(H,19,21)(H,22,23). The van der Waals surface area contributed by atoms with Crippen molar-refractivity contribution in [3.8, 4) is 11.5 Å². The number of phenols is 1. The van der Waals surface area contributed by atoms with E-state index in [1.807, 2.05) is 12.1 Å². The fraction of sp³-hybridized carbons (Fsp3) is 0.222. The summed E-state index contributed by atoms with van der Waals surface area (Å²) >= 11 is 0. The molecule has 0 heterocycles. The summed E-state index contributed by atoms with van der Waals surface area (Å²) in [4.78, 5) is 22.7. The van der Waals surface area contributed by atoms with Crippen LogP contribution >= 0.6 is 0 Å². The van der Waals surface area contributed by atoms with E-state index in [4.69, 9.17) is 9.84 Å². The number of hydrogen-bond donors (Lipinski definition) is 3. The average molecular weight is 329 g/mol. The number of carboxylic acids is 1. The molecule has 0 aliphatic carbocycles. The number of carbonyl (C=O) groups is 2. The molecule has 0 saturated heterocycles. The number of nitrogens with one attached hydrogen (secondary N) is 1. The van der Waals surface area contributed by atoms with E-state index in [2.05, 4.69) is 19.2 Å². The Bertz CT molecular complexity index is 738. The number of anilines is 1. The normalized spacial score (nSPS) is 10.5. The number of ether oxygens (including phenoxy) is 1. The lowest BCUT2D eigenvalue weighted by molar-refractivity contribution is -0.118. The Morgan fingerprint density at radius 2 is 1.79 bits per heavy atom. The highest BCUT2D eigenvalue weighted by atomic mass is 16.5. The highest BCUT2D eigenvalue weighted by molar-refractivity contribution is 5.95. The van der Waals surface area contributed by atoms with Gasteiger partial charge in [0, 0.05) is 11.8 Å². The fourth-order valence-electron chi connectivity index (χ4n) is 2.09. The van der Waals surface area contributed by atoms with Gasteiger partial charge in [0.1, 0.15) is 17.1 Å². The second-order valence-corrected chi connectivity index (χ2v) is 5.60. The summed E-state index contributed by atoms with van der Waals surface area (Å²) in [5.74, 6) is -1.06. The minimum absolute atomic E-state index is 0.192. The van der Waals surface area contributed by atoms with Gasteiger partial charge >= 0.3 is 5.97 Å². The summed E-state index contributed by atoms with van der Waals surface area (Å²) in [6, 6.07) is 11.3. The summed E-state index contributed by atoms with van der Waals surface area (Å²) < 4.78 is 5.40. The maximum absolute atomic E-state index is 11.9. The van der Waals surface area contributed by atoms with E-state index < -0.39 is 17.6 Å². The molecule has 2 rings (SSSR count). The molecule has 24 heavy (non-hydrogen) atoms. The minimum Gasteiger partial charge on any atom is -0.507 e. The van der Waals surface area contributed by atoms with Gasteiger partial charge in [-0.25, -0.2) is 4.79 Å². The molecule has 0 bridgehead atoms. The Morgan fingerprint density at radius 1 is 1.12 bits per heavy atom. The molecule has 0 aromatic heterocycles. The molecule has 6 nitrogen and oxygen atoms in total. The topological polar surface area (TPSA) is 95.9 Å². The highest BCUT2D eigenvalue weighted by Crippen LogP contribution is 2.22. The van der Waals surface area contributed by atoms with E-state index in [0.717, 1.165) is 0 Å². The summed E-state index contributed by atoms with van der Waals surface area (Å²) in [7, 11) is 0. The van der Waals surface area contributed by atoms with Crippen LogP contribution in [0.25, 0.3) is 0 Å². The first-order valence-electron chi connectivity index (χ1n) is 7.45. The third-order valence-corrected chi connectivity index (χ3v) is 3.43. The zero-order valence-corrected chi connectivity index (χ0v) is 13.4. The fourth-order valence-corrected chi connectivity index (χ4v) is 2.09. The van der Waals surface area contributed by atoms with Crippen molar-refractivity contribution in [2.45, 2.75) is 19.8 Å². The van der Waals surface area contributed by atoms with Gasteiger partial charge in [0.15, 0.2) is 6.61 Å². The first kappa shape index (κ1) is 17.3. The average Bonchev–Trinajstić information content (AvgIpc) is 2.53. The van der Waals surface area contributed by atoms with Crippen LogP contribution in [-0.4, -0.2) is 28.7 Å². The van der Waals surface area contributed by atoms with Crippen molar-refractivity contribution in [3.63, 3.8) is 0 Å². The Labute approximate surface area is 139 Å². The van der Waals surface area contributed by atoms with Crippen molar-refractivity contribution in [1.29, 1.82) is 0 Å². The molecular formula is C18H19NO5. The lowest BCUT2D eigenvalue weighted by Gasteiger charge is -2.10. The van der Waals surface area contributed by atoms with Crippen molar-refractivity contribution < 1.29 is 24.5 Å². The van der Waals surface area contributed by atoms with Gasteiger partial charge in [-0.15, -0.1) is 0 Å². The third-order valence-electron chi connectivity index (χ3n) is 3.43. The second kappa shape index (κ2) is 7.50. The Balaban J connectivity index is 1.91. The molecule has 0 saturated carbocycles. The van der Waals surface area contributed by atoms with Crippen molar-refractivity contribution >= 4 is 17.6 Å². The number of aromatic carboxylic acids is 1. The van der Waals surface area contributed by atoms with Crippen molar-refractivity contribution in [2.75, 3.05) is 11.9 Å². The first-order chi connectivity index (χ1) is 11.4. The zero-order valence-electron chi connectivity index (χ0n) is 13.4. The van der Waals surface area contributed by atoms with Crippen LogP contribution in [0.1, 0.15) is 35.7 Å². The maximum atomic E-state index is 11.9. The van der Waals surface area contributed by atoms with Crippen LogP contribution in [0.4, 0.5) is 5.69 Å². The van der Waals surface area contributed by atoms with E-state index in [1.165, 1.54) is 23.8 Å². The summed E-state index contributed by atoms with van der Waals surface area (Å²) in [6.45, 7) is 3.99. The summed E-state index contributed by atoms with van der Waals surface area (Å²) in [5.41, 5.74) is 1.25. The van der Waals surface area contributed by atoms with Gasteiger partial charge in [-0.2, -0.15) is 0 Å². The number of aromatic hydroxyl groups is 1. The van der Waals surface area contributed by atoms with Gasteiger partial charge in [0.25, 0.3) is 5.91 Å². The Kier molecular flexibility index (Phi) is 5.42. The van der Waals surface area contributed by atoms with Crippen molar-refractivity contribution in [1.82, 2.24) is 0 Å².